The molecule has 0 spiro atoms. The van der Waals surface area contributed by atoms with Gasteiger partial charge in [-0.15, -0.1) is 0 Å². The van der Waals surface area contributed by atoms with Crippen LogP contribution in [0.15, 0.2) is 23.1 Å². The summed E-state index contributed by atoms with van der Waals surface area (Å²) in [7, 11) is 1.45. The number of imide groups is 1. The fourth-order valence-corrected chi connectivity index (χ4v) is 2.42. The van der Waals surface area contributed by atoms with E-state index in [1.807, 2.05) is 6.92 Å². The number of likely N-dealkylation sites (N-methyl/N-ethyl adjacent to an activating group) is 1. The number of thioether (sulfide) groups is 1. The van der Waals surface area contributed by atoms with E-state index in [2.05, 4.69) is 0 Å². The summed E-state index contributed by atoms with van der Waals surface area (Å²) in [6, 6.07) is 4.77. The number of amides is 2. The van der Waals surface area contributed by atoms with Gasteiger partial charge in [0.05, 0.1) is 11.5 Å². The first-order valence-corrected chi connectivity index (χ1v) is 6.52. The van der Waals surface area contributed by atoms with Crippen molar-refractivity contribution < 1.29 is 19.4 Å². The van der Waals surface area contributed by atoms with Gasteiger partial charge in [0.25, 0.3) is 11.1 Å². The Bertz CT molecular complexity index is 568. The Labute approximate surface area is 114 Å². The molecule has 1 fully saturated rings. The van der Waals surface area contributed by atoms with E-state index in [-0.39, 0.29) is 16.9 Å². The second-order valence-corrected chi connectivity index (χ2v) is 4.89. The average molecular weight is 279 g/mol. The fourth-order valence-electron chi connectivity index (χ4n) is 1.59. The summed E-state index contributed by atoms with van der Waals surface area (Å²) in [6.45, 7) is 2.25. The van der Waals surface area contributed by atoms with Crippen LogP contribution in [0.25, 0.3) is 6.08 Å². The molecule has 1 aliphatic rings. The van der Waals surface area contributed by atoms with Gasteiger partial charge in [-0.25, -0.2) is 0 Å². The van der Waals surface area contributed by atoms with Gasteiger partial charge in [-0.3, -0.25) is 14.5 Å². The standard InChI is InChI=1S/C13H13NO4S/c1-3-18-10-6-8(4-5-9(10)15)7-11-12(16)14(2)13(17)19-11/h4-7,15H,3H2,1-2H3. The lowest BCUT2D eigenvalue weighted by atomic mass is 10.2. The number of nitrogens with zero attached hydrogens (tertiary/aromatic N) is 1. The van der Waals surface area contributed by atoms with Crippen molar-refractivity contribution in [1.29, 1.82) is 0 Å². The van der Waals surface area contributed by atoms with E-state index in [1.165, 1.54) is 13.1 Å². The van der Waals surface area contributed by atoms with Crippen LogP contribution in [-0.4, -0.2) is 34.8 Å². The lowest BCUT2D eigenvalue weighted by Gasteiger charge is -2.06. The molecule has 0 atom stereocenters. The molecule has 1 aliphatic heterocycles. The molecule has 0 saturated carbocycles. The number of aromatic hydroxyl groups is 1. The first-order chi connectivity index (χ1) is 9.02. The first kappa shape index (κ1) is 13.5. The number of hydrogen-bond donors (Lipinski definition) is 1. The van der Waals surface area contributed by atoms with Gasteiger partial charge < -0.3 is 9.84 Å². The number of phenolic OH excluding ortho intramolecular Hbond substituents is 1. The molecule has 19 heavy (non-hydrogen) atoms. The highest BCUT2D eigenvalue weighted by molar-refractivity contribution is 8.18. The highest BCUT2D eigenvalue weighted by Crippen LogP contribution is 2.33. The Balaban J connectivity index is 2.31. The van der Waals surface area contributed by atoms with E-state index < -0.39 is 0 Å². The number of hydrogen-bond acceptors (Lipinski definition) is 5. The maximum Gasteiger partial charge on any atom is 0.293 e. The molecule has 100 valence electrons. The molecule has 0 radical (unpaired) electrons. The topological polar surface area (TPSA) is 66.8 Å². The molecule has 0 bridgehead atoms. The largest absolute Gasteiger partial charge is 0.504 e. The van der Waals surface area contributed by atoms with Gasteiger partial charge in [-0.1, -0.05) is 6.07 Å². The minimum absolute atomic E-state index is 0.0441. The zero-order valence-electron chi connectivity index (χ0n) is 10.5. The second kappa shape index (κ2) is 5.36. The van der Waals surface area contributed by atoms with Crippen molar-refractivity contribution in [3.05, 3.63) is 28.7 Å². The van der Waals surface area contributed by atoms with E-state index in [0.29, 0.717) is 22.8 Å². The van der Waals surface area contributed by atoms with Crippen molar-refractivity contribution in [2.24, 2.45) is 0 Å². The Hall–Kier alpha value is -1.95. The van der Waals surface area contributed by atoms with E-state index in [9.17, 15) is 14.7 Å². The molecule has 1 aromatic carbocycles. The van der Waals surface area contributed by atoms with Crippen LogP contribution in [0, 0.1) is 0 Å². The van der Waals surface area contributed by atoms with Crippen LogP contribution in [0.5, 0.6) is 11.5 Å². The molecule has 1 aromatic rings. The third kappa shape index (κ3) is 2.73. The first-order valence-electron chi connectivity index (χ1n) is 5.70. The third-order valence-electron chi connectivity index (χ3n) is 2.57. The highest BCUT2D eigenvalue weighted by Gasteiger charge is 2.31. The van der Waals surface area contributed by atoms with Crippen LogP contribution in [0.3, 0.4) is 0 Å². The van der Waals surface area contributed by atoms with Crippen LogP contribution in [0.1, 0.15) is 12.5 Å². The SMILES string of the molecule is CCOc1cc(C=C2SC(=O)N(C)C2=O)ccc1O. The molecule has 6 heteroatoms. The summed E-state index contributed by atoms with van der Waals surface area (Å²) in [5.74, 6) is 0.0793. The van der Waals surface area contributed by atoms with Gasteiger partial charge in [0.15, 0.2) is 11.5 Å². The monoisotopic (exact) mass is 279 g/mol. The quantitative estimate of drug-likeness (QED) is 0.861. The second-order valence-electron chi connectivity index (χ2n) is 3.90. The minimum atomic E-state index is -0.318. The van der Waals surface area contributed by atoms with Gasteiger partial charge in [0, 0.05) is 7.05 Å². The Morgan fingerprint density at radius 2 is 2.16 bits per heavy atom. The third-order valence-corrected chi connectivity index (χ3v) is 3.53. The molecule has 5 nitrogen and oxygen atoms in total. The number of phenols is 1. The normalized spacial score (nSPS) is 17.4. The highest BCUT2D eigenvalue weighted by atomic mass is 32.2. The van der Waals surface area contributed by atoms with E-state index in [4.69, 9.17) is 4.74 Å². The number of benzene rings is 1. The molecular formula is C13H13NO4S. The Morgan fingerprint density at radius 3 is 2.74 bits per heavy atom. The van der Waals surface area contributed by atoms with E-state index in [1.54, 1.807) is 18.2 Å². The summed E-state index contributed by atoms with van der Waals surface area (Å²) < 4.78 is 5.26. The van der Waals surface area contributed by atoms with Crippen molar-refractivity contribution in [1.82, 2.24) is 4.90 Å². The van der Waals surface area contributed by atoms with Crippen LogP contribution < -0.4 is 4.74 Å². The summed E-state index contributed by atoms with van der Waals surface area (Å²) in [4.78, 5) is 24.5. The van der Waals surface area contributed by atoms with Crippen molar-refractivity contribution in [2.75, 3.05) is 13.7 Å². The maximum atomic E-state index is 11.7. The summed E-state index contributed by atoms with van der Waals surface area (Å²) in [6.07, 6.45) is 1.61. The Morgan fingerprint density at radius 1 is 1.42 bits per heavy atom. The van der Waals surface area contributed by atoms with E-state index in [0.717, 1.165) is 16.7 Å². The average Bonchev–Trinajstić information content (AvgIpc) is 2.62. The van der Waals surface area contributed by atoms with Crippen LogP contribution in [0.2, 0.25) is 0 Å². The van der Waals surface area contributed by atoms with Crippen molar-refractivity contribution >= 4 is 29.0 Å². The molecule has 0 aromatic heterocycles. The molecule has 1 heterocycles. The van der Waals surface area contributed by atoms with Gasteiger partial charge in [0.1, 0.15) is 0 Å². The minimum Gasteiger partial charge on any atom is -0.504 e. The smallest absolute Gasteiger partial charge is 0.293 e. The van der Waals surface area contributed by atoms with Crippen LogP contribution in [-0.2, 0) is 4.79 Å². The zero-order valence-corrected chi connectivity index (χ0v) is 11.4. The number of carbonyl (C=O) groups excluding carboxylic acids is 2. The van der Waals surface area contributed by atoms with Crippen molar-refractivity contribution in [3.8, 4) is 11.5 Å². The van der Waals surface area contributed by atoms with E-state index >= 15 is 0 Å². The molecular weight excluding hydrogens is 266 g/mol. The lowest BCUT2D eigenvalue weighted by Crippen LogP contribution is -2.22. The Kier molecular flexibility index (Phi) is 3.80. The van der Waals surface area contributed by atoms with Gasteiger partial charge >= 0.3 is 0 Å². The van der Waals surface area contributed by atoms with Gasteiger partial charge in [-0.05, 0) is 42.5 Å². The fraction of sp³-hybridized carbons (Fsp3) is 0.231. The number of ether oxygens (including phenoxy) is 1. The zero-order chi connectivity index (χ0) is 14.0. The molecule has 1 saturated heterocycles. The summed E-state index contributed by atoms with van der Waals surface area (Å²) >= 11 is 0.895. The summed E-state index contributed by atoms with van der Waals surface area (Å²) in [5, 5.41) is 9.29. The van der Waals surface area contributed by atoms with Crippen LogP contribution >= 0.6 is 11.8 Å². The molecule has 0 unspecified atom stereocenters. The maximum absolute atomic E-state index is 11.7. The van der Waals surface area contributed by atoms with Crippen molar-refractivity contribution in [2.45, 2.75) is 6.92 Å². The molecule has 1 N–H and O–H groups in total. The summed E-state index contributed by atoms with van der Waals surface area (Å²) in [5.41, 5.74) is 0.695. The predicted octanol–water partition coefficient (Wildman–Crippen LogP) is 2.46. The number of carbonyl (C=O) groups is 2. The van der Waals surface area contributed by atoms with Gasteiger partial charge in [0.2, 0.25) is 0 Å². The molecule has 2 rings (SSSR count). The lowest BCUT2D eigenvalue weighted by molar-refractivity contribution is -0.121. The van der Waals surface area contributed by atoms with Gasteiger partial charge in [-0.2, -0.15) is 0 Å². The molecule has 2 amide bonds. The van der Waals surface area contributed by atoms with Crippen LogP contribution in [0.4, 0.5) is 4.79 Å². The molecule has 0 aliphatic carbocycles. The number of rotatable bonds is 3. The predicted molar refractivity (Wildman–Crippen MR) is 73.0 cm³/mol. The van der Waals surface area contributed by atoms with Crippen molar-refractivity contribution in [3.63, 3.8) is 0 Å².